The molecule has 1 aliphatic carbocycles. The molecule has 50 heavy (non-hydrogen) atoms. The van der Waals surface area contributed by atoms with Gasteiger partial charge in [0.2, 0.25) is 5.95 Å². The number of aliphatic carboxylic acids is 1. The second-order valence-electron chi connectivity index (χ2n) is 12.9. The largest absolute Gasteiger partial charge is 0.481 e. The van der Waals surface area contributed by atoms with E-state index in [4.69, 9.17) is 9.47 Å². The lowest BCUT2D eigenvalue weighted by atomic mass is 9.87. The van der Waals surface area contributed by atoms with Gasteiger partial charge in [-0.1, -0.05) is 13.8 Å². The molecular weight excluding hydrogens is 676 g/mol. The minimum atomic E-state index is -5.04. The number of carbonyl (C=O) groups excluding carboxylic acids is 2. The monoisotopic (exact) mass is 715 g/mol. The van der Waals surface area contributed by atoms with Gasteiger partial charge in [0.25, 0.3) is 0 Å². The molecule has 0 radical (unpaired) electrons. The molecule has 2 unspecified atom stereocenters. The van der Waals surface area contributed by atoms with Crippen LogP contribution < -0.4 is 9.80 Å². The molecule has 17 heteroatoms. The van der Waals surface area contributed by atoms with Gasteiger partial charge in [0.05, 0.1) is 41.7 Å². The maximum atomic E-state index is 13.8. The SMILES string of the molecule is CCC1CC(N(Cc2cc(C(F)(F)F)cc(C(F)(F)F)c2)c2ncc(N3CCOC3=O)cn2)CC(CC)N1C(=O)OC1CCC(C(=O)O)CC1. The van der Waals surface area contributed by atoms with E-state index in [9.17, 15) is 45.8 Å². The number of halogens is 6. The summed E-state index contributed by atoms with van der Waals surface area (Å²) in [5, 5.41) is 9.31. The summed E-state index contributed by atoms with van der Waals surface area (Å²) >= 11 is 0. The Morgan fingerprint density at radius 1 is 0.940 bits per heavy atom. The fraction of sp³-hybridized carbons (Fsp3) is 0.606. The van der Waals surface area contributed by atoms with Crippen LogP contribution in [0, 0.1) is 5.92 Å². The molecule has 1 N–H and O–H groups in total. The third-order valence-corrected chi connectivity index (χ3v) is 9.71. The van der Waals surface area contributed by atoms with Gasteiger partial charge < -0.3 is 24.4 Å². The highest BCUT2D eigenvalue weighted by molar-refractivity contribution is 5.88. The van der Waals surface area contributed by atoms with Crippen LogP contribution in [0.1, 0.15) is 81.9 Å². The molecule has 274 valence electrons. The minimum absolute atomic E-state index is 0.0215. The Bertz CT molecular complexity index is 1490. The smallest absolute Gasteiger partial charge is 0.416 e. The molecule has 3 fully saturated rings. The summed E-state index contributed by atoms with van der Waals surface area (Å²) in [5.41, 5.74) is -2.84. The van der Waals surface area contributed by atoms with Crippen LogP contribution >= 0.6 is 0 Å². The fourth-order valence-corrected chi connectivity index (χ4v) is 7.06. The van der Waals surface area contributed by atoms with E-state index in [1.807, 2.05) is 13.8 Å². The number of aromatic nitrogens is 2. The van der Waals surface area contributed by atoms with Crippen LogP contribution in [-0.4, -0.2) is 75.5 Å². The summed E-state index contributed by atoms with van der Waals surface area (Å²) in [6.07, 6.45) is -5.86. The highest BCUT2D eigenvalue weighted by Gasteiger charge is 2.43. The maximum Gasteiger partial charge on any atom is 0.416 e. The zero-order valence-electron chi connectivity index (χ0n) is 27.5. The predicted octanol–water partition coefficient (Wildman–Crippen LogP) is 7.28. The molecule has 0 bridgehead atoms. The number of hydrogen-bond acceptors (Lipinski definition) is 8. The number of piperidine rings is 1. The molecule has 2 atom stereocenters. The van der Waals surface area contributed by atoms with Crippen molar-refractivity contribution < 1.29 is 55.3 Å². The minimum Gasteiger partial charge on any atom is -0.481 e. The lowest BCUT2D eigenvalue weighted by Gasteiger charge is -2.47. The van der Waals surface area contributed by atoms with Crippen LogP contribution in [0.15, 0.2) is 30.6 Å². The molecule has 2 saturated heterocycles. The Morgan fingerprint density at radius 2 is 1.50 bits per heavy atom. The first-order valence-electron chi connectivity index (χ1n) is 16.6. The number of hydrogen-bond donors (Lipinski definition) is 1. The summed E-state index contributed by atoms with van der Waals surface area (Å²) in [5.74, 6) is -1.34. The van der Waals surface area contributed by atoms with Gasteiger partial charge in [-0.3, -0.25) is 9.69 Å². The Hall–Kier alpha value is -4.31. The van der Waals surface area contributed by atoms with Crippen LogP contribution in [0.4, 0.5) is 47.6 Å². The number of anilines is 2. The van der Waals surface area contributed by atoms with Crippen LogP contribution in [0.2, 0.25) is 0 Å². The highest BCUT2D eigenvalue weighted by Crippen LogP contribution is 2.39. The second kappa shape index (κ2) is 14.9. The molecule has 1 aromatic carbocycles. The first-order chi connectivity index (χ1) is 23.6. The third-order valence-electron chi connectivity index (χ3n) is 9.71. The van der Waals surface area contributed by atoms with Gasteiger partial charge in [0.1, 0.15) is 12.7 Å². The van der Waals surface area contributed by atoms with Crippen molar-refractivity contribution in [1.29, 1.82) is 0 Å². The number of nitrogens with zero attached hydrogens (tertiary/aromatic N) is 5. The van der Waals surface area contributed by atoms with Gasteiger partial charge in [-0.05, 0) is 75.1 Å². The molecule has 0 spiro atoms. The van der Waals surface area contributed by atoms with Crippen molar-refractivity contribution in [3.8, 4) is 0 Å². The number of carbonyl (C=O) groups is 3. The normalized spacial score (nSPS) is 24.6. The summed E-state index contributed by atoms with van der Waals surface area (Å²) < 4.78 is 93.5. The third kappa shape index (κ3) is 8.34. The Morgan fingerprint density at radius 3 is 1.96 bits per heavy atom. The maximum absolute atomic E-state index is 13.8. The topological polar surface area (TPSA) is 125 Å². The predicted molar refractivity (Wildman–Crippen MR) is 166 cm³/mol. The number of carboxylic acid groups (broad SMARTS) is 1. The van der Waals surface area contributed by atoms with E-state index in [1.54, 1.807) is 9.80 Å². The number of cyclic esters (lactones) is 1. The zero-order valence-corrected chi connectivity index (χ0v) is 27.5. The van der Waals surface area contributed by atoms with E-state index in [-0.39, 0.29) is 43.6 Å². The molecule has 2 aromatic rings. The van der Waals surface area contributed by atoms with Crippen molar-refractivity contribution in [2.75, 3.05) is 23.0 Å². The average molecular weight is 716 g/mol. The Kier molecular flexibility index (Phi) is 11.0. The van der Waals surface area contributed by atoms with Gasteiger partial charge in [-0.2, -0.15) is 26.3 Å². The highest BCUT2D eigenvalue weighted by atomic mass is 19.4. The summed E-state index contributed by atoms with van der Waals surface area (Å²) in [6, 6.07) is 0.0946. The van der Waals surface area contributed by atoms with E-state index >= 15 is 0 Å². The molecule has 3 heterocycles. The average Bonchev–Trinajstić information content (AvgIpc) is 3.51. The number of ether oxygens (including phenoxy) is 2. The van der Waals surface area contributed by atoms with Crippen molar-refractivity contribution in [2.24, 2.45) is 5.92 Å². The summed E-state index contributed by atoms with van der Waals surface area (Å²) in [6.45, 7) is 3.73. The number of carboxylic acids is 1. The van der Waals surface area contributed by atoms with Crippen LogP contribution in [-0.2, 0) is 33.2 Å². The molecule has 11 nitrogen and oxygen atoms in total. The lowest BCUT2D eigenvalue weighted by Crippen LogP contribution is -2.57. The molecule has 3 aliphatic rings. The van der Waals surface area contributed by atoms with Crippen molar-refractivity contribution >= 4 is 29.8 Å². The van der Waals surface area contributed by atoms with E-state index < -0.39 is 78.3 Å². The van der Waals surface area contributed by atoms with Crippen molar-refractivity contribution in [3.05, 3.63) is 47.3 Å². The number of benzene rings is 1. The van der Waals surface area contributed by atoms with E-state index in [0.29, 0.717) is 56.3 Å². The van der Waals surface area contributed by atoms with Crippen LogP contribution in [0.25, 0.3) is 0 Å². The fourth-order valence-electron chi connectivity index (χ4n) is 7.06. The molecule has 2 aliphatic heterocycles. The van der Waals surface area contributed by atoms with Gasteiger partial charge in [0.15, 0.2) is 0 Å². The number of rotatable bonds is 9. The second-order valence-corrected chi connectivity index (χ2v) is 12.9. The van der Waals surface area contributed by atoms with Gasteiger partial charge in [-0.25, -0.2) is 19.6 Å². The van der Waals surface area contributed by atoms with E-state index in [0.717, 1.165) is 0 Å². The quantitative estimate of drug-likeness (QED) is 0.267. The van der Waals surface area contributed by atoms with Crippen molar-refractivity contribution in [2.45, 2.75) is 108 Å². The summed E-state index contributed by atoms with van der Waals surface area (Å²) in [7, 11) is 0. The Balaban J connectivity index is 1.45. The standard InChI is InChI=1S/C33H39F6N5O6/c1-3-23-14-25(15-24(4-2)44(23)31(48)50-27-7-5-20(6-8-27)28(45)46)43(29-40-16-26(17-41-29)42-9-10-49-30(42)47)18-19-11-21(32(34,35)36)13-22(12-19)33(37,38)39/h11-13,16-17,20,23-25,27H,3-10,14-15,18H2,1-2H3,(H,45,46). The van der Waals surface area contributed by atoms with Crippen LogP contribution in [0.3, 0.4) is 0 Å². The van der Waals surface area contributed by atoms with Crippen molar-refractivity contribution in [1.82, 2.24) is 14.9 Å². The zero-order chi connectivity index (χ0) is 36.4. The Labute approximate surface area is 284 Å². The van der Waals surface area contributed by atoms with Gasteiger partial charge in [0, 0.05) is 24.7 Å². The molecule has 5 rings (SSSR count). The number of alkyl halides is 6. The van der Waals surface area contributed by atoms with Crippen LogP contribution in [0.5, 0.6) is 0 Å². The lowest BCUT2D eigenvalue weighted by molar-refractivity contribution is -0.144. The first kappa shape index (κ1) is 37.0. The van der Waals surface area contributed by atoms with Crippen molar-refractivity contribution in [3.63, 3.8) is 0 Å². The summed E-state index contributed by atoms with van der Waals surface area (Å²) in [4.78, 5) is 50.4. The first-order valence-corrected chi connectivity index (χ1v) is 16.6. The van der Waals surface area contributed by atoms with E-state index in [1.165, 1.54) is 17.3 Å². The van der Waals surface area contributed by atoms with Gasteiger partial charge in [-0.15, -0.1) is 0 Å². The molecule has 1 aromatic heterocycles. The van der Waals surface area contributed by atoms with E-state index in [2.05, 4.69) is 9.97 Å². The number of amides is 2. The number of likely N-dealkylation sites (tertiary alicyclic amines) is 1. The molecule has 1 saturated carbocycles. The molecule has 2 amide bonds. The van der Waals surface area contributed by atoms with Gasteiger partial charge >= 0.3 is 30.5 Å². The molecular formula is C33H39F6N5O6.